The summed E-state index contributed by atoms with van der Waals surface area (Å²) in [6.45, 7) is 5.20. The van der Waals surface area contributed by atoms with E-state index >= 15 is 0 Å². The first-order valence-electron chi connectivity index (χ1n) is 9.35. The molecule has 6 nitrogen and oxygen atoms in total. The smallest absolute Gasteiger partial charge is 0.256 e. The van der Waals surface area contributed by atoms with Crippen molar-refractivity contribution in [3.8, 4) is 0 Å². The fourth-order valence-corrected chi connectivity index (χ4v) is 4.25. The quantitative estimate of drug-likeness (QED) is 0.734. The number of carbonyl (C=O) groups is 2. The Labute approximate surface area is 172 Å². The minimum atomic E-state index is -0.560. The lowest BCUT2D eigenvalue weighted by molar-refractivity contribution is -0.121. The van der Waals surface area contributed by atoms with Gasteiger partial charge in [0.2, 0.25) is 5.91 Å². The third-order valence-electron chi connectivity index (χ3n) is 5.08. The van der Waals surface area contributed by atoms with E-state index in [0.29, 0.717) is 5.69 Å². The van der Waals surface area contributed by atoms with Crippen molar-refractivity contribution in [2.24, 2.45) is 0 Å². The fraction of sp³-hybridized carbons (Fsp3) is 0.333. The van der Waals surface area contributed by atoms with Crippen LogP contribution in [0.15, 0.2) is 46.9 Å². The van der Waals surface area contributed by atoms with Gasteiger partial charge in [-0.25, -0.2) is 4.90 Å². The molecule has 2 aromatic carbocycles. The summed E-state index contributed by atoms with van der Waals surface area (Å²) >= 11 is 3.46. The Balaban J connectivity index is 1.46. The van der Waals surface area contributed by atoms with Gasteiger partial charge in [-0.3, -0.25) is 9.59 Å². The number of hydrogen-bond acceptors (Lipinski definition) is 5. The van der Waals surface area contributed by atoms with Crippen LogP contribution < -0.4 is 15.1 Å². The van der Waals surface area contributed by atoms with Crippen LogP contribution in [0.5, 0.6) is 0 Å². The summed E-state index contributed by atoms with van der Waals surface area (Å²) < 4.78 is 6.13. The number of nitrogens with zero attached hydrogens (tertiary/aromatic N) is 2. The topological polar surface area (TPSA) is 61.9 Å². The van der Waals surface area contributed by atoms with Gasteiger partial charge in [0.25, 0.3) is 5.91 Å². The van der Waals surface area contributed by atoms with Crippen LogP contribution in [0, 0.1) is 6.92 Å². The second-order valence-electron chi connectivity index (χ2n) is 7.07. The lowest BCUT2D eigenvalue weighted by Gasteiger charge is -2.29. The number of carbonyl (C=O) groups excluding carboxylic acids is 2. The molecule has 7 heteroatoms. The summed E-state index contributed by atoms with van der Waals surface area (Å²) in [6, 6.07) is 13.0. The van der Waals surface area contributed by atoms with Crippen LogP contribution in [0.3, 0.4) is 0 Å². The fourth-order valence-electron chi connectivity index (χ4n) is 3.58. The average molecular weight is 444 g/mol. The van der Waals surface area contributed by atoms with Crippen molar-refractivity contribution in [3.63, 3.8) is 0 Å². The van der Waals surface area contributed by atoms with Crippen LogP contribution >= 0.6 is 15.9 Å². The van der Waals surface area contributed by atoms with Gasteiger partial charge in [0.05, 0.1) is 25.3 Å². The summed E-state index contributed by atoms with van der Waals surface area (Å²) in [4.78, 5) is 28.9. The molecule has 0 unspecified atom stereocenters. The molecule has 0 aromatic heterocycles. The van der Waals surface area contributed by atoms with Gasteiger partial charge in [-0.2, -0.15) is 0 Å². The van der Waals surface area contributed by atoms with Crippen LogP contribution in [0.4, 0.5) is 17.1 Å². The monoisotopic (exact) mass is 443 g/mol. The summed E-state index contributed by atoms with van der Waals surface area (Å²) in [5.74, 6) is -0.427. The van der Waals surface area contributed by atoms with E-state index in [1.165, 1.54) is 4.90 Å². The molecule has 2 heterocycles. The van der Waals surface area contributed by atoms with E-state index in [-0.39, 0.29) is 18.2 Å². The molecule has 4 rings (SSSR count). The first-order valence-corrected chi connectivity index (χ1v) is 10.1. The highest BCUT2D eigenvalue weighted by Gasteiger charge is 2.40. The molecular formula is C21H22BrN3O3. The molecule has 0 aliphatic carbocycles. The minimum absolute atomic E-state index is 0.143. The van der Waals surface area contributed by atoms with E-state index < -0.39 is 6.04 Å². The molecule has 0 radical (unpaired) electrons. The van der Waals surface area contributed by atoms with Gasteiger partial charge in [0.15, 0.2) is 0 Å². The van der Waals surface area contributed by atoms with Crippen LogP contribution in [0.1, 0.15) is 12.0 Å². The number of halogens is 1. The lowest BCUT2D eigenvalue weighted by Crippen LogP contribution is -2.36. The van der Waals surface area contributed by atoms with E-state index in [1.54, 1.807) is 6.07 Å². The number of nitrogens with one attached hydrogen (secondary N) is 1. The molecule has 2 aliphatic rings. The first-order chi connectivity index (χ1) is 13.5. The van der Waals surface area contributed by atoms with Crippen LogP contribution in [0.25, 0.3) is 0 Å². The van der Waals surface area contributed by atoms with Crippen molar-refractivity contribution in [1.82, 2.24) is 0 Å². The molecule has 0 bridgehead atoms. The average Bonchev–Trinajstić information content (AvgIpc) is 2.97. The third kappa shape index (κ3) is 3.77. The number of ether oxygens (including phenoxy) is 1. The number of rotatable bonds is 4. The maximum atomic E-state index is 12.9. The lowest BCUT2D eigenvalue weighted by atomic mass is 10.2. The predicted molar refractivity (Wildman–Crippen MR) is 113 cm³/mol. The highest BCUT2D eigenvalue weighted by Crippen LogP contribution is 2.32. The zero-order valence-electron chi connectivity index (χ0n) is 15.7. The van der Waals surface area contributed by atoms with Gasteiger partial charge in [-0.1, -0.05) is 6.07 Å². The van der Waals surface area contributed by atoms with E-state index in [4.69, 9.17) is 4.74 Å². The second-order valence-corrected chi connectivity index (χ2v) is 7.92. The molecule has 2 aromatic rings. The summed E-state index contributed by atoms with van der Waals surface area (Å²) in [6.07, 6.45) is 0.143. The van der Waals surface area contributed by atoms with E-state index in [1.807, 2.05) is 43.3 Å². The summed E-state index contributed by atoms with van der Waals surface area (Å²) in [7, 11) is 0. The maximum Gasteiger partial charge on any atom is 0.256 e. The standard InChI is InChI=1S/C21H22BrN3O3/c1-14-2-7-19(17(22)12-14)25-20(26)13-18(21(25)27)23-15-3-5-16(6-4-15)24-8-10-28-11-9-24/h2-7,12,18,23H,8-11,13H2,1H3/t18-/m1/s1. The molecule has 0 spiro atoms. The number of aryl methyl sites for hydroxylation is 1. The number of morpholine rings is 1. The van der Waals surface area contributed by atoms with Gasteiger partial charge in [-0.15, -0.1) is 0 Å². The zero-order valence-corrected chi connectivity index (χ0v) is 17.2. The van der Waals surface area contributed by atoms with Gasteiger partial charge in [0, 0.05) is 28.9 Å². The van der Waals surface area contributed by atoms with Crippen molar-refractivity contribution in [3.05, 3.63) is 52.5 Å². The van der Waals surface area contributed by atoms with E-state index in [9.17, 15) is 9.59 Å². The summed E-state index contributed by atoms with van der Waals surface area (Å²) in [5.41, 5.74) is 3.61. The number of anilines is 3. The van der Waals surface area contributed by atoms with Crippen molar-refractivity contribution in [1.29, 1.82) is 0 Å². The van der Waals surface area contributed by atoms with E-state index in [0.717, 1.165) is 47.7 Å². The van der Waals surface area contributed by atoms with Crippen molar-refractivity contribution >= 4 is 44.8 Å². The normalized spacial score (nSPS) is 20.0. The Morgan fingerprint density at radius 1 is 1.07 bits per heavy atom. The number of amides is 2. The van der Waals surface area contributed by atoms with E-state index in [2.05, 4.69) is 26.1 Å². The minimum Gasteiger partial charge on any atom is -0.378 e. The predicted octanol–water partition coefficient (Wildman–Crippen LogP) is 3.34. The van der Waals surface area contributed by atoms with Crippen molar-refractivity contribution < 1.29 is 14.3 Å². The molecule has 2 saturated heterocycles. The van der Waals surface area contributed by atoms with Gasteiger partial charge < -0.3 is 15.0 Å². The highest BCUT2D eigenvalue weighted by atomic mass is 79.9. The molecule has 1 atom stereocenters. The molecule has 2 aliphatic heterocycles. The Bertz CT molecular complexity index is 894. The van der Waals surface area contributed by atoms with Crippen LogP contribution in [-0.4, -0.2) is 44.2 Å². The van der Waals surface area contributed by atoms with Gasteiger partial charge >= 0.3 is 0 Å². The highest BCUT2D eigenvalue weighted by molar-refractivity contribution is 9.10. The molecule has 2 fully saturated rings. The Morgan fingerprint density at radius 2 is 1.79 bits per heavy atom. The van der Waals surface area contributed by atoms with Gasteiger partial charge in [0.1, 0.15) is 6.04 Å². The van der Waals surface area contributed by atoms with Gasteiger partial charge in [-0.05, 0) is 64.8 Å². The molecule has 2 amide bonds. The summed E-state index contributed by atoms with van der Waals surface area (Å²) in [5, 5.41) is 3.21. The molecule has 0 saturated carbocycles. The molecular weight excluding hydrogens is 422 g/mol. The number of hydrogen-bond donors (Lipinski definition) is 1. The van der Waals surface area contributed by atoms with Crippen LogP contribution in [0.2, 0.25) is 0 Å². The number of imide groups is 1. The zero-order chi connectivity index (χ0) is 19.7. The van der Waals surface area contributed by atoms with Crippen LogP contribution in [-0.2, 0) is 14.3 Å². The van der Waals surface area contributed by atoms with Crippen molar-refractivity contribution in [2.75, 3.05) is 41.4 Å². The molecule has 146 valence electrons. The Kier molecular flexibility index (Phi) is 5.37. The first kappa shape index (κ1) is 19.0. The Hall–Kier alpha value is -2.38. The third-order valence-corrected chi connectivity index (χ3v) is 5.71. The maximum absolute atomic E-state index is 12.9. The SMILES string of the molecule is Cc1ccc(N2C(=O)C[C@@H](Nc3ccc(N4CCOCC4)cc3)C2=O)c(Br)c1. The second kappa shape index (κ2) is 7.93. The molecule has 1 N–H and O–H groups in total. The van der Waals surface area contributed by atoms with Crippen molar-refractivity contribution in [2.45, 2.75) is 19.4 Å². The Morgan fingerprint density at radius 3 is 2.46 bits per heavy atom. The largest absolute Gasteiger partial charge is 0.378 e. The number of benzene rings is 2. The molecule has 28 heavy (non-hydrogen) atoms.